The summed E-state index contributed by atoms with van der Waals surface area (Å²) in [5, 5.41) is 14.5. The maximum atomic E-state index is 3.63. The summed E-state index contributed by atoms with van der Waals surface area (Å²) in [7, 11) is 0. The lowest BCUT2D eigenvalue weighted by Crippen LogP contribution is -2.63. The summed E-state index contributed by atoms with van der Waals surface area (Å²) in [5.41, 5.74) is 0. The van der Waals surface area contributed by atoms with E-state index in [1.807, 2.05) is 0 Å². The van der Waals surface area contributed by atoms with Crippen molar-refractivity contribution < 1.29 is 0 Å². The molecule has 8 nitrogen and oxygen atoms in total. The predicted molar refractivity (Wildman–Crippen MR) is 130 cm³/mol. The molecule has 5 aliphatic rings. The number of rotatable bonds is 6. The van der Waals surface area contributed by atoms with E-state index < -0.39 is 0 Å². The fourth-order valence-electron chi connectivity index (χ4n) is 6.53. The molecule has 0 aromatic heterocycles. The van der Waals surface area contributed by atoms with Crippen LogP contribution in [0, 0.1) is 11.8 Å². The highest BCUT2D eigenvalue weighted by molar-refractivity contribution is 4.84. The van der Waals surface area contributed by atoms with Gasteiger partial charge >= 0.3 is 0 Å². The second-order valence-corrected chi connectivity index (χ2v) is 10.9. The number of nitrogens with zero attached hydrogens (tertiary/aromatic N) is 4. The molecule has 4 heterocycles. The summed E-state index contributed by atoms with van der Waals surface area (Å²) in [4.78, 5) is 10.7. The minimum absolute atomic E-state index is 0.415. The average molecular weight is 449 g/mol. The SMILES string of the molecule is C1CNC(N2CCN(CC3CCC(CN4CCN(C5NCCCN5)CC4)CC3)CC2)NC1. The molecule has 1 aliphatic carbocycles. The lowest BCUT2D eigenvalue weighted by atomic mass is 9.81. The van der Waals surface area contributed by atoms with Crippen LogP contribution >= 0.6 is 0 Å². The van der Waals surface area contributed by atoms with Gasteiger partial charge in [0.2, 0.25) is 0 Å². The van der Waals surface area contributed by atoms with Gasteiger partial charge in [0.25, 0.3) is 0 Å². The number of hydrogen-bond acceptors (Lipinski definition) is 8. The Morgan fingerprint density at radius 1 is 0.469 bits per heavy atom. The minimum atomic E-state index is 0.415. The van der Waals surface area contributed by atoms with Crippen molar-refractivity contribution >= 4 is 0 Å². The van der Waals surface area contributed by atoms with E-state index in [0.717, 1.165) is 38.0 Å². The van der Waals surface area contributed by atoms with Crippen LogP contribution in [0.1, 0.15) is 38.5 Å². The molecule has 32 heavy (non-hydrogen) atoms. The average Bonchev–Trinajstić information content (AvgIpc) is 2.87. The highest BCUT2D eigenvalue weighted by Crippen LogP contribution is 2.30. The standard InChI is InChI=1S/C24H48N8/c1-7-25-23(26-8-1)31-15-11-29(12-16-31)19-21-3-5-22(6-4-21)20-30-13-17-32(18-14-30)24-27-9-2-10-28-24/h21-28H,1-20H2. The van der Waals surface area contributed by atoms with Crippen LogP contribution in [0.15, 0.2) is 0 Å². The molecule has 1 saturated carbocycles. The zero-order chi connectivity index (χ0) is 21.6. The molecule has 8 heteroatoms. The van der Waals surface area contributed by atoms with E-state index in [0.29, 0.717) is 12.6 Å². The van der Waals surface area contributed by atoms with E-state index in [1.54, 1.807) is 0 Å². The Morgan fingerprint density at radius 2 is 0.812 bits per heavy atom. The van der Waals surface area contributed by atoms with E-state index in [4.69, 9.17) is 0 Å². The third-order valence-corrected chi connectivity index (χ3v) is 8.60. The van der Waals surface area contributed by atoms with Gasteiger partial charge in [0.15, 0.2) is 0 Å². The molecular weight excluding hydrogens is 400 g/mol. The van der Waals surface area contributed by atoms with Gasteiger partial charge in [-0.15, -0.1) is 0 Å². The van der Waals surface area contributed by atoms with E-state index in [2.05, 4.69) is 40.9 Å². The summed E-state index contributed by atoms with van der Waals surface area (Å²) >= 11 is 0. The lowest BCUT2D eigenvalue weighted by molar-refractivity contribution is 0.0386. The molecular formula is C24H48N8. The predicted octanol–water partition coefficient (Wildman–Crippen LogP) is -0.239. The van der Waals surface area contributed by atoms with Gasteiger partial charge in [-0.3, -0.25) is 31.1 Å². The number of nitrogens with one attached hydrogen (secondary N) is 4. The van der Waals surface area contributed by atoms with E-state index in [9.17, 15) is 0 Å². The van der Waals surface area contributed by atoms with Gasteiger partial charge < -0.3 is 9.80 Å². The first-order valence-corrected chi connectivity index (χ1v) is 13.7. The number of piperazine rings is 2. The van der Waals surface area contributed by atoms with Crippen LogP contribution < -0.4 is 21.3 Å². The zero-order valence-corrected chi connectivity index (χ0v) is 20.2. The Hall–Kier alpha value is -0.320. The van der Waals surface area contributed by atoms with Crippen molar-refractivity contribution in [3.63, 3.8) is 0 Å². The maximum Gasteiger partial charge on any atom is 0.114 e. The van der Waals surface area contributed by atoms with Crippen LogP contribution in [0.3, 0.4) is 0 Å². The molecule has 0 amide bonds. The van der Waals surface area contributed by atoms with Crippen LogP contribution in [0.2, 0.25) is 0 Å². The highest BCUT2D eigenvalue weighted by Gasteiger charge is 2.30. The van der Waals surface area contributed by atoms with Crippen molar-refractivity contribution in [3.8, 4) is 0 Å². The molecule has 0 aromatic rings. The molecule has 4 aliphatic heterocycles. The molecule has 0 unspecified atom stereocenters. The monoisotopic (exact) mass is 448 g/mol. The number of hydrogen-bond donors (Lipinski definition) is 4. The third kappa shape index (κ3) is 6.42. The summed E-state index contributed by atoms with van der Waals surface area (Å²) < 4.78 is 0. The van der Waals surface area contributed by atoms with E-state index in [1.165, 1.54) is 104 Å². The van der Waals surface area contributed by atoms with Gasteiger partial charge in [0.1, 0.15) is 12.6 Å². The zero-order valence-electron chi connectivity index (χ0n) is 20.2. The Labute approximate surface area is 195 Å². The fourth-order valence-corrected chi connectivity index (χ4v) is 6.53. The molecule has 5 fully saturated rings. The van der Waals surface area contributed by atoms with Gasteiger partial charge in [-0.2, -0.15) is 0 Å². The van der Waals surface area contributed by atoms with Crippen LogP contribution in [0.5, 0.6) is 0 Å². The lowest BCUT2D eigenvalue weighted by Gasteiger charge is -2.43. The Morgan fingerprint density at radius 3 is 1.16 bits per heavy atom. The van der Waals surface area contributed by atoms with Crippen molar-refractivity contribution in [1.82, 2.24) is 40.9 Å². The van der Waals surface area contributed by atoms with Crippen molar-refractivity contribution in [1.29, 1.82) is 0 Å². The van der Waals surface area contributed by atoms with Crippen molar-refractivity contribution in [3.05, 3.63) is 0 Å². The molecule has 0 atom stereocenters. The molecule has 184 valence electrons. The highest BCUT2D eigenvalue weighted by atomic mass is 15.4. The van der Waals surface area contributed by atoms with Gasteiger partial charge in [-0.25, -0.2) is 0 Å². The normalized spacial score (nSPS) is 34.1. The third-order valence-electron chi connectivity index (χ3n) is 8.60. The van der Waals surface area contributed by atoms with Gasteiger partial charge in [0.05, 0.1) is 0 Å². The van der Waals surface area contributed by atoms with E-state index >= 15 is 0 Å². The Bertz CT molecular complexity index is 478. The fraction of sp³-hybridized carbons (Fsp3) is 1.00. The maximum absolute atomic E-state index is 3.63. The first-order chi connectivity index (χ1) is 15.8. The molecule has 0 bridgehead atoms. The van der Waals surface area contributed by atoms with Crippen LogP contribution in [0.4, 0.5) is 0 Å². The van der Waals surface area contributed by atoms with Gasteiger partial charge in [-0.05, 0) is 76.5 Å². The molecule has 0 radical (unpaired) electrons. The molecule has 4 N–H and O–H groups in total. The Kier molecular flexibility index (Phi) is 8.70. The second kappa shape index (κ2) is 11.9. The van der Waals surface area contributed by atoms with Crippen molar-refractivity contribution in [2.24, 2.45) is 11.8 Å². The first-order valence-electron chi connectivity index (χ1n) is 13.7. The summed E-state index contributed by atoms with van der Waals surface area (Å²) in [6, 6.07) is 0. The van der Waals surface area contributed by atoms with Crippen LogP contribution in [-0.2, 0) is 0 Å². The topological polar surface area (TPSA) is 61.1 Å². The van der Waals surface area contributed by atoms with Crippen LogP contribution in [-0.4, -0.2) is 124 Å². The van der Waals surface area contributed by atoms with Gasteiger partial charge in [0, 0.05) is 65.4 Å². The molecule has 0 spiro atoms. The van der Waals surface area contributed by atoms with Crippen molar-refractivity contribution in [2.75, 3.05) is 91.6 Å². The largest absolute Gasteiger partial charge is 0.301 e. The first kappa shape index (κ1) is 23.4. The van der Waals surface area contributed by atoms with Crippen molar-refractivity contribution in [2.45, 2.75) is 51.1 Å². The minimum Gasteiger partial charge on any atom is -0.301 e. The van der Waals surface area contributed by atoms with Crippen LogP contribution in [0.25, 0.3) is 0 Å². The molecule has 5 rings (SSSR count). The Balaban J connectivity index is 0.950. The second-order valence-electron chi connectivity index (χ2n) is 10.9. The molecule has 4 saturated heterocycles. The van der Waals surface area contributed by atoms with Gasteiger partial charge in [-0.1, -0.05) is 0 Å². The summed E-state index contributed by atoms with van der Waals surface area (Å²) in [6.45, 7) is 17.1. The quantitative estimate of drug-likeness (QED) is 0.444. The smallest absolute Gasteiger partial charge is 0.114 e. The van der Waals surface area contributed by atoms with E-state index in [-0.39, 0.29) is 0 Å². The summed E-state index contributed by atoms with van der Waals surface area (Å²) in [6.07, 6.45) is 9.14. The summed E-state index contributed by atoms with van der Waals surface area (Å²) in [5.74, 6) is 1.87. The molecule has 0 aromatic carbocycles.